The number of amides is 1. The van der Waals surface area contributed by atoms with E-state index in [0.29, 0.717) is 15.3 Å². The van der Waals surface area contributed by atoms with Gasteiger partial charge < -0.3 is 10.1 Å². The first-order chi connectivity index (χ1) is 15.2. The fraction of sp³-hybridized carbons (Fsp3) is 0.136. The normalized spacial score (nSPS) is 11.5. The number of hydrogen-bond donors (Lipinski definition) is 1. The van der Waals surface area contributed by atoms with Crippen LogP contribution in [0.5, 0.6) is 0 Å². The fourth-order valence-electron chi connectivity index (χ4n) is 2.80. The Bertz CT molecular complexity index is 1140. The molecule has 0 spiro atoms. The summed E-state index contributed by atoms with van der Waals surface area (Å²) < 4.78 is 46.7. The summed E-state index contributed by atoms with van der Waals surface area (Å²) in [7, 11) is 0. The summed E-state index contributed by atoms with van der Waals surface area (Å²) in [5, 5.41) is 6.54. The molecule has 1 aromatic heterocycles. The molecule has 0 aliphatic rings. The number of ether oxygens (including phenoxy) is 1. The SMILES string of the molecule is CCOC(=O)/C=C/c1ccc(NC(=O)c2cnn(-c3ccc(Cl)cc3)c2C(F)(F)F)cc1. The lowest BCUT2D eigenvalue weighted by molar-refractivity contribution is -0.143. The second kappa shape index (κ2) is 9.69. The van der Waals surface area contributed by atoms with Crippen LogP contribution in [0.2, 0.25) is 5.02 Å². The second-order valence-electron chi connectivity index (χ2n) is 6.45. The maximum atomic E-state index is 13.8. The van der Waals surface area contributed by atoms with Crippen LogP contribution in [0.4, 0.5) is 18.9 Å². The first-order valence-corrected chi connectivity index (χ1v) is 9.74. The van der Waals surface area contributed by atoms with Crippen molar-refractivity contribution < 1.29 is 27.5 Å². The van der Waals surface area contributed by atoms with Gasteiger partial charge in [0.15, 0.2) is 5.69 Å². The van der Waals surface area contributed by atoms with Crippen molar-refractivity contribution in [2.75, 3.05) is 11.9 Å². The van der Waals surface area contributed by atoms with E-state index in [9.17, 15) is 22.8 Å². The predicted octanol–water partition coefficient (Wildman–Crippen LogP) is 5.37. The van der Waals surface area contributed by atoms with Crippen molar-refractivity contribution in [2.45, 2.75) is 13.1 Å². The van der Waals surface area contributed by atoms with Gasteiger partial charge in [-0.2, -0.15) is 18.3 Å². The molecule has 0 bridgehead atoms. The molecule has 0 saturated heterocycles. The third-order valence-corrected chi connectivity index (χ3v) is 4.47. The molecule has 3 rings (SSSR count). The average Bonchev–Trinajstić information content (AvgIpc) is 3.20. The van der Waals surface area contributed by atoms with Gasteiger partial charge in [0, 0.05) is 16.8 Å². The Balaban J connectivity index is 1.82. The molecule has 0 aliphatic carbocycles. The van der Waals surface area contributed by atoms with Gasteiger partial charge in [-0.05, 0) is 55.0 Å². The van der Waals surface area contributed by atoms with E-state index in [-0.39, 0.29) is 18.0 Å². The van der Waals surface area contributed by atoms with Crippen LogP contribution in [0.3, 0.4) is 0 Å². The molecule has 0 aliphatic heterocycles. The molecule has 32 heavy (non-hydrogen) atoms. The summed E-state index contributed by atoms with van der Waals surface area (Å²) in [6, 6.07) is 11.8. The van der Waals surface area contributed by atoms with Crippen molar-refractivity contribution in [1.29, 1.82) is 0 Å². The van der Waals surface area contributed by atoms with E-state index >= 15 is 0 Å². The summed E-state index contributed by atoms with van der Waals surface area (Å²) in [6.07, 6.45) is -1.20. The average molecular weight is 464 g/mol. The van der Waals surface area contributed by atoms with E-state index < -0.39 is 29.3 Å². The highest BCUT2D eigenvalue weighted by atomic mass is 35.5. The highest BCUT2D eigenvalue weighted by Gasteiger charge is 2.40. The molecule has 2 aromatic carbocycles. The van der Waals surface area contributed by atoms with Crippen molar-refractivity contribution in [3.63, 3.8) is 0 Å². The number of anilines is 1. The molecule has 166 valence electrons. The molecule has 3 aromatic rings. The Morgan fingerprint density at radius 1 is 1.12 bits per heavy atom. The Kier molecular flexibility index (Phi) is 6.99. The molecular weight excluding hydrogens is 447 g/mol. The topological polar surface area (TPSA) is 73.2 Å². The Labute approximate surface area is 186 Å². The minimum absolute atomic E-state index is 0.110. The Morgan fingerprint density at radius 3 is 2.38 bits per heavy atom. The molecule has 1 N–H and O–H groups in total. The lowest BCUT2D eigenvalue weighted by Gasteiger charge is -2.13. The monoisotopic (exact) mass is 463 g/mol. The van der Waals surface area contributed by atoms with E-state index in [4.69, 9.17) is 16.3 Å². The lowest BCUT2D eigenvalue weighted by atomic mass is 10.1. The number of benzene rings is 2. The van der Waals surface area contributed by atoms with E-state index in [1.807, 2.05) is 0 Å². The molecule has 0 unspecified atom stereocenters. The van der Waals surface area contributed by atoms with Crippen molar-refractivity contribution >= 4 is 35.2 Å². The number of alkyl halides is 3. The zero-order valence-electron chi connectivity index (χ0n) is 16.7. The molecule has 0 atom stereocenters. The number of hydrogen-bond acceptors (Lipinski definition) is 4. The van der Waals surface area contributed by atoms with Gasteiger partial charge in [-0.3, -0.25) is 4.79 Å². The number of esters is 1. The van der Waals surface area contributed by atoms with Gasteiger partial charge in [0.05, 0.1) is 24.1 Å². The highest BCUT2D eigenvalue weighted by Crippen LogP contribution is 2.34. The molecule has 6 nitrogen and oxygen atoms in total. The Hall–Kier alpha value is -3.59. The van der Waals surface area contributed by atoms with Gasteiger partial charge in [0.2, 0.25) is 0 Å². The number of nitrogens with one attached hydrogen (secondary N) is 1. The van der Waals surface area contributed by atoms with Crippen molar-refractivity contribution in [3.8, 4) is 5.69 Å². The van der Waals surface area contributed by atoms with E-state index in [1.165, 1.54) is 48.6 Å². The number of carbonyl (C=O) groups excluding carboxylic acids is 2. The molecule has 0 fully saturated rings. The standard InChI is InChI=1S/C22H17ClF3N3O3/c1-2-32-19(30)12-5-14-3-8-16(9-4-14)28-21(31)18-13-27-29(20(18)22(24,25)26)17-10-6-15(23)7-11-17/h3-13H,2H2,1H3,(H,28,31)/b12-5+. The summed E-state index contributed by atoms with van der Waals surface area (Å²) in [5.41, 5.74) is -0.804. The van der Waals surface area contributed by atoms with Crippen LogP contribution in [0.1, 0.15) is 28.5 Å². The minimum atomic E-state index is -4.83. The van der Waals surface area contributed by atoms with Crippen LogP contribution >= 0.6 is 11.6 Å². The van der Waals surface area contributed by atoms with Crippen molar-refractivity contribution in [3.05, 3.63) is 82.6 Å². The summed E-state index contributed by atoms with van der Waals surface area (Å²) in [5.74, 6) is -1.46. The maximum Gasteiger partial charge on any atom is 0.434 e. The van der Waals surface area contributed by atoms with Gasteiger partial charge >= 0.3 is 12.1 Å². The largest absolute Gasteiger partial charge is 0.463 e. The molecule has 0 saturated carbocycles. The number of halogens is 4. The highest BCUT2D eigenvalue weighted by molar-refractivity contribution is 6.30. The quantitative estimate of drug-likeness (QED) is 0.394. The summed E-state index contributed by atoms with van der Waals surface area (Å²) in [4.78, 5) is 23.9. The molecule has 1 amide bonds. The first-order valence-electron chi connectivity index (χ1n) is 9.36. The van der Waals surface area contributed by atoms with Crippen LogP contribution in [0.15, 0.2) is 60.8 Å². The van der Waals surface area contributed by atoms with Crippen LogP contribution in [0, 0.1) is 0 Å². The predicted molar refractivity (Wildman–Crippen MR) is 114 cm³/mol. The van der Waals surface area contributed by atoms with E-state index in [0.717, 1.165) is 6.20 Å². The van der Waals surface area contributed by atoms with Crippen LogP contribution in [-0.2, 0) is 15.7 Å². The molecule has 0 radical (unpaired) electrons. The van der Waals surface area contributed by atoms with Crippen LogP contribution in [0.25, 0.3) is 11.8 Å². The number of nitrogens with zero attached hydrogens (tertiary/aromatic N) is 2. The number of rotatable bonds is 6. The second-order valence-corrected chi connectivity index (χ2v) is 6.89. The number of aromatic nitrogens is 2. The third kappa shape index (κ3) is 5.55. The maximum absolute atomic E-state index is 13.8. The van der Waals surface area contributed by atoms with Crippen LogP contribution < -0.4 is 5.32 Å². The van der Waals surface area contributed by atoms with E-state index in [2.05, 4.69) is 10.4 Å². The van der Waals surface area contributed by atoms with Crippen LogP contribution in [-0.4, -0.2) is 28.3 Å². The summed E-state index contributed by atoms with van der Waals surface area (Å²) >= 11 is 5.79. The van der Waals surface area contributed by atoms with Gasteiger partial charge in [-0.15, -0.1) is 0 Å². The van der Waals surface area contributed by atoms with Gasteiger partial charge in [0.1, 0.15) is 0 Å². The number of carbonyl (C=O) groups is 2. The minimum Gasteiger partial charge on any atom is -0.463 e. The van der Waals surface area contributed by atoms with Crippen molar-refractivity contribution in [2.24, 2.45) is 0 Å². The first kappa shape index (κ1) is 23.1. The smallest absolute Gasteiger partial charge is 0.434 e. The van der Waals surface area contributed by atoms with Gasteiger partial charge in [0.25, 0.3) is 5.91 Å². The molecule has 10 heteroatoms. The zero-order valence-corrected chi connectivity index (χ0v) is 17.4. The third-order valence-electron chi connectivity index (χ3n) is 4.22. The van der Waals surface area contributed by atoms with Gasteiger partial charge in [-0.1, -0.05) is 23.7 Å². The zero-order chi connectivity index (χ0) is 23.3. The molecule has 1 heterocycles. The van der Waals surface area contributed by atoms with Gasteiger partial charge in [-0.25, -0.2) is 9.48 Å². The van der Waals surface area contributed by atoms with Crippen molar-refractivity contribution in [1.82, 2.24) is 9.78 Å². The lowest BCUT2D eigenvalue weighted by Crippen LogP contribution is -2.20. The summed E-state index contributed by atoms with van der Waals surface area (Å²) in [6.45, 7) is 1.94. The molecular formula is C22H17ClF3N3O3. The Morgan fingerprint density at radius 2 is 1.78 bits per heavy atom. The van der Waals surface area contributed by atoms with E-state index in [1.54, 1.807) is 19.1 Å². The fourth-order valence-corrected chi connectivity index (χ4v) is 2.92.